The fourth-order valence-electron chi connectivity index (χ4n) is 1.76. The molecule has 2 rings (SSSR count). The predicted octanol–water partition coefficient (Wildman–Crippen LogP) is 3.30. The van der Waals surface area contributed by atoms with Crippen LogP contribution < -0.4 is 11.5 Å². The second-order valence-corrected chi connectivity index (χ2v) is 5.87. The molecular weight excluding hydrogens is 224 g/mol. The minimum atomic E-state index is -0.0868. The van der Waals surface area contributed by atoms with Gasteiger partial charge in [0.15, 0.2) is 0 Å². The van der Waals surface area contributed by atoms with Gasteiger partial charge in [0.1, 0.15) is 0 Å². The molecule has 80 valence electrons. The van der Waals surface area contributed by atoms with Gasteiger partial charge in [-0.2, -0.15) is 0 Å². The van der Waals surface area contributed by atoms with Gasteiger partial charge in [-0.1, -0.05) is 0 Å². The van der Waals surface area contributed by atoms with E-state index in [9.17, 15) is 0 Å². The van der Waals surface area contributed by atoms with Gasteiger partial charge in [0.05, 0.1) is 0 Å². The average Bonchev–Trinajstić information content (AvgIpc) is 2.73. The molecule has 0 aliphatic rings. The SMILES string of the molecule is CC(C)(c1sccc1N)c1sccc1N. The monoisotopic (exact) mass is 238 g/mol. The van der Waals surface area contributed by atoms with E-state index in [0.717, 1.165) is 11.4 Å². The molecule has 0 aliphatic heterocycles. The molecule has 2 nitrogen and oxygen atoms in total. The highest BCUT2D eigenvalue weighted by Gasteiger charge is 2.29. The Morgan fingerprint density at radius 2 is 1.33 bits per heavy atom. The molecule has 0 saturated heterocycles. The minimum absolute atomic E-state index is 0.0868. The van der Waals surface area contributed by atoms with Crippen LogP contribution in [-0.4, -0.2) is 0 Å². The molecule has 0 atom stereocenters. The van der Waals surface area contributed by atoms with Crippen LogP contribution in [0, 0.1) is 0 Å². The number of anilines is 2. The molecule has 2 heterocycles. The summed E-state index contributed by atoms with van der Waals surface area (Å²) in [5.41, 5.74) is 13.5. The lowest BCUT2D eigenvalue weighted by molar-refractivity contribution is 0.676. The van der Waals surface area contributed by atoms with Gasteiger partial charge >= 0.3 is 0 Å². The fourth-order valence-corrected chi connectivity index (χ4v) is 3.73. The smallest absolute Gasteiger partial charge is 0.0464 e. The van der Waals surface area contributed by atoms with Crippen LogP contribution in [0.25, 0.3) is 0 Å². The van der Waals surface area contributed by atoms with E-state index in [-0.39, 0.29) is 5.41 Å². The zero-order chi connectivity index (χ0) is 11.1. The number of thiophene rings is 2. The fraction of sp³-hybridized carbons (Fsp3) is 0.273. The summed E-state index contributed by atoms with van der Waals surface area (Å²) >= 11 is 3.38. The molecule has 2 aromatic heterocycles. The average molecular weight is 238 g/mol. The van der Waals surface area contributed by atoms with E-state index in [0.29, 0.717) is 0 Å². The van der Waals surface area contributed by atoms with Crippen LogP contribution in [0.3, 0.4) is 0 Å². The number of rotatable bonds is 2. The molecule has 0 aliphatic carbocycles. The van der Waals surface area contributed by atoms with Gasteiger partial charge in [0.25, 0.3) is 0 Å². The maximum atomic E-state index is 5.96. The van der Waals surface area contributed by atoms with Crippen molar-refractivity contribution >= 4 is 34.0 Å². The second kappa shape index (κ2) is 3.54. The van der Waals surface area contributed by atoms with E-state index < -0.39 is 0 Å². The number of hydrogen-bond donors (Lipinski definition) is 2. The largest absolute Gasteiger partial charge is 0.398 e. The minimum Gasteiger partial charge on any atom is -0.398 e. The predicted molar refractivity (Wildman–Crippen MR) is 69.6 cm³/mol. The second-order valence-electron chi connectivity index (χ2n) is 4.04. The highest BCUT2D eigenvalue weighted by atomic mass is 32.1. The quantitative estimate of drug-likeness (QED) is 0.843. The van der Waals surface area contributed by atoms with Crippen molar-refractivity contribution < 1.29 is 0 Å². The Bertz CT molecular complexity index is 426. The van der Waals surface area contributed by atoms with E-state index in [1.165, 1.54) is 9.75 Å². The van der Waals surface area contributed by atoms with Crippen molar-refractivity contribution in [3.05, 3.63) is 32.6 Å². The molecule has 0 saturated carbocycles. The third-order valence-electron chi connectivity index (χ3n) is 2.53. The standard InChI is InChI=1S/C11H14N2S2/c1-11(2,9-7(12)3-5-14-9)10-8(13)4-6-15-10/h3-6H,12-13H2,1-2H3. The van der Waals surface area contributed by atoms with Gasteiger partial charge in [-0.3, -0.25) is 0 Å². The van der Waals surface area contributed by atoms with Crippen LogP contribution in [0.4, 0.5) is 11.4 Å². The van der Waals surface area contributed by atoms with Crippen molar-refractivity contribution in [1.29, 1.82) is 0 Å². The van der Waals surface area contributed by atoms with Crippen molar-refractivity contribution in [2.24, 2.45) is 0 Å². The number of nitrogen functional groups attached to an aromatic ring is 2. The Labute approximate surface area is 97.5 Å². The summed E-state index contributed by atoms with van der Waals surface area (Å²) in [5, 5.41) is 4.05. The lowest BCUT2D eigenvalue weighted by Crippen LogP contribution is -2.18. The first-order valence-corrected chi connectivity index (χ1v) is 6.46. The molecule has 2 aromatic rings. The lowest BCUT2D eigenvalue weighted by Gasteiger charge is -2.23. The first kappa shape index (κ1) is 10.5. The van der Waals surface area contributed by atoms with Gasteiger partial charge in [-0.25, -0.2) is 0 Å². The maximum Gasteiger partial charge on any atom is 0.0464 e. The molecule has 0 radical (unpaired) electrons. The van der Waals surface area contributed by atoms with Crippen LogP contribution in [0.5, 0.6) is 0 Å². The summed E-state index contributed by atoms with van der Waals surface area (Å²) in [7, 11) is 0. The lowest BCUT2D eigenvalue weighted by atomic mass is 9.88. The van der Waals surface area contributed by atoms with Gasteiger partial charge in [0, 0.05) is 26.5 Å². The van der Waals surface area contributed by atoms with Crippen LogP contribution in [-0.2, 0) is 5.41 Å². The van der Waals surface area contributed by atoms with E-state index in [2.05, 4.69) is 13.8 Å². The molecule has 4 heteroatoms. The highest BCUT2D eigenvalue weighted by molar-refractivity contribution is 7.12. The summed E-state index contributed by atoms with van der Waals surface area (Å²) in [6, 6.07) is 3.90. The summed E-state index contributed by atoms with van der Waals surface area (Å²) in [6.45, 7) is 4.33. The Hall–Kier alpha value is -1.00. The van der Waals surface area contributed by atoms with Crippen molar-refractivity contribution in [3.63, 3.8) is 0 Å². The van der Waals surface area contributed by atoms with Crippen LogP contribution in [0.1, 0.15) is 23.6 Å². The number of nitrogens with two attached hydrogens (primary N) is 2. The van der Waals surface area contributed by atoms with E-state index in [1.54, 1.807) is 22.7 Å². The maximum absolute atomic E-state index is 5.96. The normalized spacial score (nSPS) is 11.9. The van der Waals surface area contributed by atoms with Gasteiger partial charge < -0.3 is 11.5 Å². The molecule has 0 fully saturated rings. The van der Waals surface area contributed by atoms with E-state index >= 15 is 0 Å². The molecule has 0 unspecified atom stereocenters. The van der Waals surface area contributed by atoms with Crippen molar-refractivity contribution in [2.75, 3.05) is 11.5 Å². The summed E-state index contributed by atoms with van der Waals surface area (Å²) in [4.78, 5) is 2.38. The van der Waals surface area contributed by atoms with Crippen molar-refractivity contribution in [1.82, 2.24) is 0 Å². The first-order valence-electron chi connectivity index (χ1n) is 4.70. The van der Waals surface area contributed by atoms with Gasteiger partial charge in [-0.05, 0) is 36.7 Å². The Morgan fingerprint density at radius 3 is 1.60 bits per heavy atom. The Kier molecular flexibility index (Phi) is 2.48. The third-order valence-corrected chi connectivity index (χ3v) is 5.03. The zero-order valence-corrected chi connectivity index (χ0v) is 10.4. The first-order chi connectivity index (χ1) is 7.03. The molecule has 0 aromatic carbocycles. The molecule has 4 N–H and O–H groups in total. The van der Waals surface area contributed by atoms with E-state index in [4.69, 9.17) is 11.5 Å². The van der Waals surface area contributed by atoms with Crippen LogP contribution in [0.15, 0.2) is 22.9 Å². The summed E-state index contributed by atoms with van der Waals surface area (Å²) in [6.07, 6.45) is 0. The summed E-state index contributed by atoms with van der Waals surface area (Å²) in [5.74, 6) is 0. The molecule has 0 spiro atoms. The topological polar surface area (TPSA) is 52.0 Å². The van der Waals surface area contributed by atoms with Crippen molar-refractivity contribution in [2.45, 2.75) is 19.3 Å². The Morgan fingerprint density at radius 1 is 0.933 bits per heavy atom. The molecule has 15 heavy (non-hydrogen) atoms. The Balaban J connectivity index is 2.53. The van der Waals surface area contributed by atoms with Gasteiger partial charge in [0.2, 0.25) is 0 Å². The molecule has 0 amide bonds. The number of hydrogen-bond acceptors (Lipinski definition) is 4. The zero-order valence-electron chi connectivity index (χ0n) is 8.78. The molecule has 0 bridgehead atoms. The van der Waals surface area contributed by atoms with Crippen LogP contribution >= 0.6 is 22.7 Å². The van der Waals surface area contributed by atoms with Crippen molar-refractivity contribution in [3.8, 4) is 0 Å². The van der Waals surface area contributed by atoms with Gasteiger partial charge in [-0.15, -0.1) is 22.7 Å². The summed E-state index contributed by atoms with van der Waals surface area (Å²) < 4.78 is 0. The van der Waals surface area contributed by atoms with E-state index in [1.807, 2.05) is 22.9 Å². The van der Waals surface area contributed by atoms with Crippen LogP contribution in [0.2, 0.25) is 0 Å². The third kappa shape index (κ3) is 1.64. The molecular formula is C11H14N2S2. The highest BCUT2D eigenvalue weighted by Crippen LogP contribution is 2.42.